The van der Waals surface area contributed by atoms with Crippen molar-refractivity contribution in [1.82, 2.24) is 20.4 Å². The molecule has 1 aliphatic rings. The van der Waals surface area contributed by atoms with Gasteiger partial charge < -0.3 is 30.1 Å². The standard InChI is InChI=1S/C22H37N5O4.HI/c1-5-23-22(27-10-8-26(9-11-27)16-21(29)25-17(2)3)24-15-18-6-7-19(31-13-12-28)20(14-18)30-4;/h6-7,14,17,28H,5,8-13,15-16H2,1-4H3,(H,23,24)(H,25,29);1H. The van der Waals surface area contributed by atoms with Gasteiger partial charge in [-0.3, -0.25) is 9.69 Å². The van der Waals surface area contributed by atoms with Gasteiger partial charge in [0.1, 0.15) is 6.61 Å². The van der Waals surface area contributed by atoms with Crippen LogP contribution in [0, 0.1) is 0 Å². The lowest BCUT2D eigenvalue weighted by atomic mass is 10.2. The normalized spacial score (nSPS) is 14.7. The smallest absolute Gasteiger partial charge is 0.234 e. The molecule has 0 saturated carbocycles. The quantitative estimate of drug-likeness (QED) is 0.224. The number of benzene rings is 1. The number of halogens is 1. The zero-order valence-corrected chi connectivity index (χ0v) is 21.9. The van der Waals surface area contributed by atoms with Crippen molar-refractivity contribution < 1.29 is 19.4 Å². The summed E-state index contributed by atoms with van der Waals surface area (Å²) < 4.78 is 10.9. The maximum absolute atomic E-state index is 12.0. The van der Waals surface area contributed by atoms with Gasteiger partial charge in [-0.2, -0.15) is 0 Å². The molecule has 0 radical (unpaired) electrons. The van der Waals surface area contributed by atoms with E-state index in [0.717, 1.165) is 44.2 Å². The Morgan fingerprint density at radius 3 is 2.53 bits per heavy atom. The summed E-state index contributed by atoms with van der Waals surface area (Å²) in [4.78, 5) is 21.2. The molecule has 0 spiro atoms. The molecule has 1 aromatic rings. The molecule has 0 atom stereocenters. The van der Waals surface area contributed by atoms with Crippen molar-refractivity contribution in [2.45, 2.75) is 33.4 Å². The average Bonchev–Trinajstić information content (AvgIpc) is 2.75. The van der Waals surface area contributed by atoms with Gasteiger partial charge in [0, 0.05) is 38.8 Å². The Labute approximate surface area is 208 Å². The molecule has 182 valence electrons. The minimum Gasteiger partial charge on any atom is -0.493 e. The molecule has 32 heavy (non-hydrogen) atoms. The van der Waals surface area contributed by atoms with Crippen molar-refractivity contribution >= 4 is 35.8 Å². The number of amides is 1. The highest BCUT2D eigenvalue weighted by atomic mass is 127. The molecule has 3 N–H and O–H groups in total. The van der Waals surface area contributed by atoms with Gasteiger partial charge in [0.25, 0.3) is 0 Å². The molecule has 1 fully saturated rings. The van der Waals surface area contributed by atoms with Crippen LogP contribution in [0.5, 0.6) is 11.5 Å². The fraction of sp³-hybridized carbons (Fsp3) is 0.636. The number of aliphatic hydroxyl groups is 1. The van der Waals surface area contributed by atoms with Gasteiger partial charge >= 0.3 is 0 Å². The minimum absolute atomic E-state index is 0. The van der Waals surface area contributed by atoms with Crippen molar-refractivity contribution in [3.63, 3.8) is 0 Å². The van der Waals surface area contributed by atoms with Crippen LogP contribution in [0.3, 0.4) is 0 Å². The number of hydrogen-bond donors (Lipinski definition) is 3. The summed E-state index contributed by atoms with van der Waals surface area (Å²) in [5, 5.41) is 15.3. The molecule has 1 aliphatic heterocycles. The van der Waals surface area contributed by atoms with Crippen molar-refractivity contribution in [3.05, 3.63) is 23.8 Å². The number of nitrogens with zero attached hydrogens (tertiary/aromatic N) is 3. The van der Waals surface area contributed by atoms with Crippen molar-refractivity contribution in [3.8, 4) is 11.5 Å². The van der Waals surface area contributed by atoms with Crippen LogP contribution in [0.2, 0.25) is 0 Å². The molecule has 1 saturated heterocycles. The van der Waals surface area contributed by atoms with E-state index in [2.05, 4.69) is 27.4 Å². The highest BCUT2D eigenvalue weighted by Gasteiger charge is 2.21. The molecule has 0 unspecified atom stereocenters. The third-order valence-corrected chi connectivity index (χ3v) is 4.81. The molecule has 0 aliphatic carbocycles. The Kier molecular flexibility index (Phi) is 13.3. The van der Waals surface area contributed by atoms with Crippen LogP contribution >= 0.6 is 24.0 Å². The van der Waals surface area contributed by atoms with Crippen LogP contribution < -0.4 is 20.1 Å². The van der Waals surface area contributed by atoms with E-state index >= 15 is 0 Å². The maximum atomic E-state index is 12.0. The Hall–Kier alpha value is -1.79. The van der Waals surface area contributed by atoms with E-state index in [1.165, 1.54) is 0 Å². The van der Waals surface area contributed by atoms with Crippen molar-refractivity contribution in [2.75, 3.05) is 59.6 Å². The second kappa shape index (κ2) is 15.1. The molecular weight excluding hydrogens is 525 g/mol. The van der Waals surface area contributed by atoms with Gasteiger partial charge in [0.15, 0.2) is 17.5 Å². The van der Waals surface area contributed by atoms with Gasteiger partial charge in [-0.1, -0.05) is 6.07 Å². The third-order valence-electron chi connectivity index (χ3n) is 4.81. The lowest BCUT2D eigenvalue weighted by Gasteiger charge is -2.36. The lowest BCUT2D eigenvalue weighted by molar-refractivity contribution is -0.123. The third kappa shape index (κ3) is 9.37. The van der Waals surface area contributed by atoms with Gasteiger partial charge in [-0.05, 0) is 38.5 Å². The fourth-order valence-corrected chi connectivity index (χ4v) is 3.37. The Morgan fingerprint density at radius 1 is 1.22 bits per heavy atom. The molecule has 1 aromatic carbocycles. The fourth-order valence-electron chi connectivity index (χ4n) is 3.37. The first kappa shape index (κ1) is 28.2. The SMILES string of the molecule is CCNC(=NCc1ccc(OCCO)c(OC)c1)N1CCN(CC(=O)NC(C)C)CC1.I. The van der Waals surface area contributed by atoms with E-state index < -0.39 is 0 Å². The van der Waals surface area contributed by atoms with Gasteiger partial charge in [0.2, 0.25) is 5.91 Å². The first-order chi connectivity index (χ1) is 15.0. The summed E-state index contributed by atoms with van der Waals surface area (Å²) in [7, 11) is 1.60. The average molecular weight is 563 g/mol. The molecular formula is C22H38IN5O4. The molecule has 2 rings (SSSR count). The summed E-state index contributed by atoms with van der Waals surface area (Å²) in [6.07, 6.45) is 0. The van der Waals surface area contributed by atoms with Crippen LogP contribution in [0.15, 0.2) is 23.2 Å². The van der Waals surface area contributed by atoms with Crippen LogP contribution in [-0.2, 0) is 11.3 Å². The zero-order valence-electron chi connectivity index (χ0n) is 19.6. The van der Waals surface area contributed by atoms with Crippen molar-refractivity contribution in [1.29, 1.82) is 0 Å². The predicted octanol–water partition coefficient (Wildman–Crippen LogP) is 1.29. The number of piperazine rings is 1. The molecule has 0 bridgehead atoms. The summed E-state index contributed by atoms with van der Waals surface area (Å²) in [5.74, 6) is 2.17. The minimum atomic E-state index is -0.0447. The Balaban J connectivity index is 0.00000512. The largest absolute Gasteiger partial charge is 0.493 e. The number of aliphatic hydroxyl groups excluding tert-OH is 1. The molecule has 1 heterocycles. The van der Waals surface area contributed by atoms with Crippen molar-refractivity contribution in [2.24, 2.45) is 4.99 Å². The predicted molar refractivity (Wildman–Crippen MR) is 137 cm³/mol. The first-order valence-corrected chi connectivity index (χ1v) is 10.9. The monoisotopic (exact) mass is 563 g/mol. The van der Waals surface area contributed by atoms with Crippen LogP contribution in [0.4, 0.5) is 0 Å². The number of carbonyl (C=O) groups excluding carboxylic acids is 1. The lowest BCUT2D eigenvalue weighted by Crippen LogP contribution is -2.54. The van der Waals surface area contributed by atoms with Gasteiger partial charge in [-0.25, -0.2) is 4.99 Å². The zero-order chi connectivity index (χ0) is 22.6. The number of ether oxygens (including phenoxy) is 2. The van der Waals surface area contributed by atoms with Gasteiger partial charge in [-0.15, -0.1) is 24.0 Å². The van der Waals surface area contributed by atoms with E-state index in [0.29, 0.717) is 24.6 Å². The Morgan fingerprint density at radius 2 is 1.94 bits per heavy atom. The number of carbonyl (C=O) groups is 1. The number of hydrogen-bond acceptors (Lipinski definition) is 6. The summed E-state index contributed by atoms with van der Waals surface area (Å²) >= 11 is 0. The summed E-state index contributed by atoms with van der Waals surface area (Å²) in [6.45, 7) is 11.2. The Bertz CT molecular complexity index is 724. The number of aliphatic imine (C=N–C) groups is 1. The van der Waals surface area contributed by atoms with E-state index in [4.69, 9.17) is 19.6 Å². The molecule has 9 nitrogen and oxygen atoms in total. The first-order valence-electron chi connectivity index (χ1n) is 10.9. The molecule has 0 aromatic heterocycles. The van der Waals surface area contributed by atoms with E-state index in [1.807, 2.05) is 32.0 Å². The number of nitrogens with one attached hydrogen (secondary N) is 2. The van der Waals surface area contributed by atoms with Crippen LogP contribution in [-0.4, -0.2) is 92.4 Å². The number of methoxy groups -OCH3 is 1. The van der Waals surface area contributed by atoms with E-state index in [-0.39, 0.29) is 49.1 Å². The topological polar surface area (TPSA) is 98.7 Å². The molecule has 1 amide bonds. The van der Waals surface area contributed by atoms with Crippen LogP contribution in [0.25, 0.3) is 0 Å². The second-order valence-electron chi connectivity index (χ2n) is 7.71. The second-order valence-corrected chi connectivity index (χ2v) is 7.71. The molecule has 10 heteroatoms. The highest BCUT2D eigenvalue weighted by molar-refractivity contribution is 14.0. The summed E-state index contributed by atoms with van der Waals surface area (Å²) in [6, 6.07) is 5.86. The van der Waals surface area contributed by atoms with E-state index in [9.17, 15) is 4.79 Å². The summed E-state index contributed by atoms with van der Waals surface area (Å²) in [5.41, 5.74) is 1.01. The maximum Gasteiger partial charge on any atom is 0.234 e. The number of guanidine groups is 1. The van der Waals surface area contributed by atoms with Crippen LogP contribution in [0.1, 0.15) is 26.3 Å². The van der Waals surface area contributed by atoms with E-state index in [1.54, 1.807) is 7.11 Å². The van der Waals surface area contributed by atoms with Gasteiger partial charge in [0.05, 0.1) is 26.8 Å². The highest BCUT2D eigenvalue weighted by Crippen LogP contribution is 2.28. The number of rotatable bonds is 10.